The Morgan fingerprint density at radius 2 is 2.15 bits per heavy atom. The lowest BCUT2D eigenvalue weighted by molar-refractivity contribution is -0.137. The van der Waals surface area contributed by atoms with Gasteiger partial charge in [-0.3, -0.25) is 9.00 Å². The van der Waals surface area contributed by atoms with Crippen LogP contribution in [0.25, 0.3) is 0 Å². The summed E-state index contributed by atoms with van der Waals surface area (Å²) in [5, 5.41) is 8.36. The Kier molecular flexibility index (Phi) is 6.86. The third-order valence-electron chi connectivity index (χ3n) is 1.93. The molecular weight excluding hydrogens is 188 g/mol. The molecule has 78 valence electrons. The molecule has 0 aliphatic carbocycles. The number of carboxylic acids is 1. The molecule has 0 saturated carbocycles. The van der Waals surface area contributed by atoms with Crippen LogP contribution in [-0.4, -0.2) is 26.8 Å². The van der Waals surface area contributed by atoms with Crippen molar-refractivity contribution in [2.75, 3.05) is 11.5 Å². The van der Waals surface area contributed by atoms with Crippen molar-refractivity contribution in [2.45, 2.75) is 33.1 Å². The number of carbonyl (C=O) groups is 1. The van der Waals surface area contributed by atoms with Crippen LogP contribution in [0.3, 0.4) is 0 Å². The van der Waals surface area contributed by atoms with Gasteiger partial charge in [0.05, 0.1) is 0 Å². The van der Waals surface area contributed by atoms with Gasteiger partial charge in [-0.2, -0.15) is 0 Å². The van der Waals surface area contributed by atoms with E-state index in [0.717, 1.165) is 6.42 Å². The van der Waals surface area contributed by atoms with E-state index in [9.17, 15) is 9.00 Å². The average Bonchev–Trinajstić information content (AvgIpc) is 2.03. The van der Waals surface area contributed by atoms with Gasteiger partial charge in [-0.05, 0) is 12.3 Å². The van der Waals surface area contributed by atoms with E-state index in [0.29, 0.717) is 23.8 Å². The maximum absolute atomic E-state index is 11.3. The predicted molar refractivity (Wildman–Crippen MR) is 54.2 cm³/mol. The van der Waals surface area contributed by atoms with Crippen LogP contribution in [0.4, 0.5) is 0 Å². The minimum Gasteiger partial charge on any atom is -0.481 e. The number of hydrogen-bond donors (Lipinski definition) is 1. The van der Waals surface area contributed by atoms with E-state index in [4.69, 9.17) is 5.11 Å². The molecule has 0 fully saturated rings. The van der Waals surface area contributed by atoms with Gasteiger partial charge in [-0.1, -0.05) is 20.3 Å². The Balaban J connectivity index is 3.46. The second kappa shape index (κ2) is 7.06. The highest BCUT2D eigenvalue weighted by molar-refractivity contribution is 7.84. The minimum atomic E-state index is -0.830. The zero-order valence-electron chi connectivity index (χ0n) is 8.28. The molecule has 0 aliphatic heterocycles. The van der Waals surface area contributed by atoms with Crippen LogP contribution in [-0.2, 0) is 15.6 Å². The lowest BCUT2D eigenvalue weighted by Crippen LogP contribution is -2.10. The van der Waals surface area contributed by atoms with Gasteiger partial charge in [-0.25, -0.2) is 0 Å². The van der Waals surface area contributed by atoms with Crippen LogP contribution in [0.2, 0.25) is 0 Å². The molecule has 2 atom stereocenters. The highest BCUT2D eigenvalue weighted by Gasteiger charge is 2.06. The third kappa shape index (κ3) is 7.96. The van der Waals surface area contributed by atoms with E-state index in [2.05, 4.69) is 13.8 Å². The molecule has 2 unspecified atom stereocenters. The second-order valence-electron chi connectivity index (χ2n) is 3.32. The van der Waals surface area contributed by atoms with Gasteiger partial charge < -0.3 is 5.11 Å². The van der Waals surface area contributed by atoms with Crippen molar-refractivity contribution in [1.29, 1.82) is 0 Å². The SMILES string of the molecule is CCC(C)CS(=O)CCCC(=O)O. The van der Waals surface area contributed by atoms with Crippen LogP contribution >= 0.6 is 0 Å². The van der Waals surface area contributed by atoms with Gasteiger partial charge in [0.15, 0.2) is 0 Å². The summed E-state index contributed by atoms with van der Waals surface area (Å²) in [6.07, 6.45) is 1.69. The minimum absolute atomic E-state index is 0.131. The van der Waals surface area contributed by atoms with Gasteiger partial charge in [0.1, 0.15) is 0 Å². The van der Waals surface area contributed by atoms with Crippen LogP contribution in [0.15, 0.2) is 0 Å². The van der Waals surface area contributed by atoms with E-state index < -0.39 is 16.8 Å². The molecule has 0 amide bonds. The summed E-state index contributed by atoms with van der Waals surface area (Å²) in [4.78, 5) is 10.2. The number of carboxylic acid groups (broad SMARTS) is 1. The zero-order chi connectivity index (χ0) is 10.3. The van der Waals surface area contributed by atoms with E-state index in [1.165, 1.54) is 0 Å². The first-order valence-electron chi connectivity index (χ1n) is 4.63. The standard InChI is InChI=1S/C9H18O3S/c1-3-8(2)7-13(12)6-4-5-9(10)11/h8H,3-7H2,1-2H3,(H,10,11). The quantitative estimate of drug-likeness (QED) is 0.689. The fraction of sp³-hybridized carbons (Fsp3) is 0.889. The first kappa shape index (κ1) is 12.6. The molecule has 0 saturated heterocycles. The van der Waals surface area contributed by atoms with Crippen molar-refractivity contribution in [2.24, 2.45) is 5.92 Å². The van der Waals surface area contributed by atoms with Crippen LogP contribution in [0.1, 0.15) is 33.1 Å². The van der Waals surface area contributed by atoms with Crippen molar-refractivity contribution >= 4 is 16.8 Å². The number of hydrogen-bond acceptors (Lipinski definition) is 2. The highest BCUT2D eigenvalue weighted by atomic mass is 32.2. The topological polar surface area (TPSA) is 54.4 Å². The van der Waals surface area contributed by atoms with Crippen molar-refractivity contribution in [3.8, 4) is 0 Å². The van der Waals surface area contributed by atoms with E-state index >= 15 is 0 Å². The van der Waals surface area contributed by atoms with Crippen molar-refractivity contribution in [3.05, 3.63) is 0 Å². The molecule has 0 aromatic carbocycles. The van der Waals surface area contributed by atoms with Gasteiger partial charge in [0, 0.05) is 28.7 Å². The first-order valence-corrected chi connectivity index (χ1v) is 6.11. The Hall–Kier alpha value is -0.380. The van der Waals surface area contributed by atoms with E-state index in [1.54, 1.807) is 0 Å². The monoisotopic (exact) mass is 206 g/mol. The number of aliphatic carboxylic acids is 1. The normalized spacial score (nSPS) is 15.2. The van der Waals surface area contributed by atoms with Gasteiger partial charge in [0.2, 0.25) is 0 Å². The van der Waals surface area contributed by atoms with E-state index in [-0.39, 0.29) is 6.42 Å². The molecule has 0 heterocycles. The van der Waals surface area contributed by atoms with Gasteiger partial charge in [0.25, 0.3) is 0 Å². The molecule has 0 rings (SSSR count). The second-order valence-corrected chi connectivity index (χ2v) is 4.94. The van der Waals surface area contributed by atoms with Gasteiger partial charge >= 0.3 is 5.97 Å². The van der Waals surface area contributed by atoms with Gasteiger partial charge in [-0.15, -0.1) is 0 Å². The molecule has 0 radical (unpaired) electrons. The van der Waals surface area contributed by atoms with Crippen molar-refractivity contribution in [1.82, 2.24) is 0 Å². The fourth-order valence-electron chi connectivity index (χ4n) is 0.903. The van der Waals surface area contributed by atoms with Crippen molar-refractivity contribution in [3.63, 3.8) is 0 Å². The molecular formula is C9H18O3S. The predicted octanol–water partition coefficient (Wildman–Crippen LogP) is 1.65. The Morgan fingerprint density at radius 1 is 1.54 bits per heavy atom. The average molecular weight is 206 g/mol. The summed E-state index contributed by atoms with van der Waals surface area (Å²) in [7, 11) is -0.830. The molecule has 0 bridgehead atoms. The highest BCUT2D eigenvalue weighted by Crippen LogP contribution is 2.04. The zero-order valence-corrected chi connectivity index (χ0v) is 9.10. The summed E-state index contributed by atoms with van der Waals surface area (Å²) >= 11 is 0. The first-order chi connectivity index (χ1) is 6.06. The Labute approximate surface area is 82.0 Å². The molecule has 3 nitrogen and oxygen atoms in total. The Bertz CT molecular complexity index is 180. The summed E-state index contributed by atoms with van der Waals surface area (Å²) < 4.78 is 11.3. The largest absolute Gasteiger partial charge is 0.481 e. The maximum Gasteiger partial charge on any atom is 0.303 e. The van der Waals surface area contributed by atoms with Crippen molar-refractivity contribution < 1.29 is 14.1 Å². The fourth-order valence-corrected chi connectivity index (χ4v) is 2.41. The molecule has 0 spiro atoms. The van der Waals surface area contributed by atoms with E-state index in [1.807, 2.05) is 0 Å². The maximum atomic E-state index is 11.3. The summed E-state index contributed by atoms with van der Waals surface area (Å²) in [6.45, 7) is 4.13. The molecule has 4 heteroatoms. The Morgan fingerprint density at radius 3 is 2.62 bits per heavy atom. The lowest BCUT2D eigenvalue weighted by Gasteiger charge is -2.06. The van der Waals surface area contributed by atoms with Crippen LogP contribution < -0.4 is 0 Å². The van der Waals surface area contributed by atoms with Crippen LogP contribution in [0.5, 0.6) is 0 Å². The van der Waals surface area contributed by atoms with Crippen LogP contribution in [0, 0.1) is 5.92 Å². The molecule has 0 aromatic rings. The summed E-state index contributed by atoms with van der Waals surface area (Å²) in [6, 6.07) is 0. The molecule has 0 aromatic heterocycles. The molecule has 1 N–H and O–H groups in total. The molecule has 0 aliphatic rings. The number of rotatable bonds is 7. The smallest absolute Gasteiger partial charge is 0.303 e. The summed E-state index contributed by atoms with van der Waals surface area (Å²) in [5.41, 5.74) is 0. The third-order valence-corrected chi connectivity index (χ3v) is 3.61. The summed E-state index contributed by atoms with van der Waals surface area (Å²) in [5.74, 6) is 0.901. The lowest BCUT2D eigenvalue weighted by atomic mass is 10.2. The molecule has 13 heavy (non-hydrogen) atoms.